The average Bonchev–Trinajstić information content (AvgIpc) is 4.03. The number of rotatable bonds is 14. The highest BCUT2D eigenvalue weighted by atomic mass is 32.2. The van der Waals surface area contributed by atoms with E-state index in [0.717, 1.165) is 60.1 Å². The first kappa shape index (κ1) is 43.9. The van der Waals surface area contributed by atoms with Crippen LogP contribution in [0.25, 0.3) is 31.8 Å². The molecule has 8 nitrogen and oxygen atoms in total. The van der Waals surface area contributed by atoms with E-state index >= 15 is 0 Å². The lowest BCUT2D eigenvalue weighted by Gasteiger charge is -2.08. The Morgan fingerprint density at radius 2 is 0.607 bits per heavy atom. The fourth-order valence-corrected chi connectivity index (χ4v) is 12.6. The highest BCUT2D eigenvalue weighted by Crippen LogP contribution is 2.59. The molecular weight excluding hydrogens is 865 g/mol. The van der Waals surface area contributed by atoms with Crippen LogP contribution in [-0.4, -0.2) is 50.3 Å². The molecule has 5 aromatic rings. The van der Waals surface area contributed by atoms with Gasteiger partial charge in [0.2, 0.25) is 0 Å². The quantitative estimate of drug-likeness (QED) is 0.0782. The molecule has 0 aliphatic carbocycles. The van der Waals surface area contributed by atoms with Gasteiger partial charge in [-0.05, 0) is 123 Å². The van der Waals surface area contributed by atoms with Crippen molar-refractivity contribution in [3.05, 3.63) is 172 Å². The average molecular weight is 905 g/mol. The molecule has 4 aromatic carbocycles. The molecule has 0 unspecified atom stereocenters. The molecule has 0 amide bonds. The molecule has 0 N–H and O–H groups in total. The summed E-state index contributed by atoms with van der Waals surface area (Å²) in [7, 11) is 0. The maximum Gasteiger partial charge on any atom is 0.338 e. The van der Waals surface area contributed by atoms with Crippen molar-refractivity contribution in [2.75, 3.05) is 26.4 Å². The van der Waals surface area contributed by atoms with Crippen molar-refractivity contribution < 1.29 is 38.1 Å². The van der Waals surface area contributed by atoms with Gasteiger partial charge < -0.3 is 18.9 Å². The molecule has 13 heteroatoms. The molecule has 0 spiro atoms. The molecular formula is C48H40O8S5. The van der Waals surface area contributed by atoms with Crippen LogP contribution in [0.5, 0.6) is 0 Å². The maximum atomic E-state index is 12.4. The summed E-state index contributed by atoms with van der Waals surface area (Å²) in [5, 5.41) is 0. The molecule has 2 aliphatic rings. The number of thiophene rings is 1. The van der Waals surface area contributed by atoms with E-state index < -0.39 is 0 Å². The van der Waals surface area contributed by atoms with E-state index in [-0.39, 0.29) is 23.9 Å². The predicted octanol–water partition coefficient (Wildman–Crippen LogP) is 13.1. The first-order valence-corrected chi connectivity index (χ1v) is 23.6. The Morgan fingerprint density at radius 3 is 0.820 bits per heavy atom. The SMILES string of the molecule is CCOC(=O)c1ccc(C2=C(c3ccc(C(=O)OCC)cc3)SC(=Cc3ccc(C=C4SC(c5ccc(C(=O)OCC)cc5)=C(c5ccc(C(=O)OCC)cc5)S4)s3)S2)cc1. The van der Waals surface area contributed by atoms with Crippen LogP contribution in [0.15, 0.2) is 118 Å². The molecule has 0 radical (unpaired) electrons. The van der Waals surface area contributed by atoms with Gasteiger partial charge in [-0.25, -0.2) is 19.2 Å². The third-order valence-electron chi connectivity index (χ3n) is 9.02. The molecule has 0 saturated carbocycles. The number of benzene rings is 4. The summed E-state index contributed by atoms with van der Waals surface area (Å²) >= 11 is 8.36. The molecule has 2 aliphatic heterocycles. The van der Waals surface area contributed by atoms with E-state index in [2.05, 4.69) is 24.3 Å². The van der Waals surface area contributed by atoms with Crippen molar-refractivity contribution in [1.82, 2.24) is 0 Å². The Hall–Kier alpha value is -5.18. The van der Waals surface area contributed by atoms with Crippen molar-refractivity contribution in [3.8, 4) is 0 Å². The Morgan fingerprint density at radius 1 is 0.377 bits per heavy atom. The number of carbonyl (C=O) groups is 4. The zero-order chi connectivity index (χ0) is 42.9. The largest absolute Gasteiger partial charge is 0.462 e. The lowest BCUT2D eigenvalue weighted by atomic mass is 10.1. The van der Waals surface area contributed by atoms with E-state index in [0.29, 0.717) is 48.7 Å². The highest BCUT2D eigenvalue weighted by molar-refractivity contribution is 8.35. The second-order valence-corrected chi connectivity index (χ2v) is 19.0. The monoisotopic (exact) mass is 904 g/mol. The lowest BCUT2D eigenvalue weighted by Crippen LogP contribution is -2.04. The number of thioether (sulfide) groups is 4. The second kappa shape index (κ2) is 20.6. The molecule has 0 atom stereocenters. The van der Waals surface area contributed by atoms with Gasteiger partial charge in [0, 0.05) is 29.4 Å². The van der Waals surface area contributed by atoms with Gasteiger partial charge in [-0.1, -0.05) is 95.6 Å². The number of hydrogen-bond donors (Lipinski definition) is 0. The standard InChI is InChI=1S/C48H40O8S5/c1-5-53-45(49)33-17-9-29(10-18-33)41-42(30-11-19-34(20-12-30)46(50)54-6-2)59-39(58-41)27-37-25-26-38(57-37)28-40-60-43(31-13-21-35(22-14-31)47(51)55-7-3)44(61-40)32-15-23-36(24-16-32)48(52)56-8-4/h9-28H,5-8H2,1-4H3. The molecule has 1 aromatic heterocycles. The normalized spacial score (nSPS) is 13.6. The van der Waals surface area contributed by atoms with E-state index in [4.69, 9.17) is 18.9 Å². The smallest absolute Gasteiger partial charge is 0.338 e. The summed E-state index contributed by atoms with van der Waals surface area (Å²) in [5.41, 5.74) is 5.84. The van der Waals surface area contributed by atoms with Crippen molar-refractivity contribution in [1.29, 1.82) is 0 Å². The van der Waals surface area contributed by atoms with Crippen LogP contribution in [0, 0.1) is 0 Å². The van der Waals surface area contributed by atoms with Crippen LogP contribution in [-0.2, 0) is 18.9 Å². The molecule has 3 heterocycles. The minimum Gasteiger partial charge on any atom is -0.462 e. The molecule has 7 rings (SSSR count). The van der Waals surface area contributed by atoms with Gasteiger partial charge in [-0.3, -0.25) is 0 Å². The van der Waals surface area contributed by atoms with Gasteiger partial charge in [-0.2, -0.15) is 0 Å². The Labute approximate surface area is 375 Å². The second-order valence-electron chi connectivity index (χ2n) is 13.1. The number of hydrogen-bond acceptors (Lipinski definition) is 13. The minimum atomic E-state index is -0.359. The van der Waals surface area contributed by atoms with Gasteiger partial charge in [0.25, 0.3) is 0 Å². The topological polar surface area (TPSA) is 105 Å². The summed E-state index contributed by atoms with van der Waals surface area (Å²) < 4.78 is 23.0. The van der Waals surface area contributed by atoms with Gasteiger partial charge >= 0.3 is 23.9 Å². The van der Waals surface area contributed by atoms with Crippen LogP contribution < -0.4 is 0 Å². The Balaban J connectivity index is 1.15. The molecule has 310 valence electrons. The van der Waals surface area contributed by atoms with E-state index in [9.17, 15) is 19.2 Å². The van der Waals surface area contributed by atoms with Crippen molar-refractivity contribution >= 4 is 114 Å². The number of esters is 4. The highest BCUT2D eigenvalue weighted by Gasteiger charge is 2.27. The van der Waals surface area contributed by atoms with E-state index in [1.165, 1.54) is 0 Å². The molecule has 0 saturated heterocycles. The summed E-state index contributed by atoms with van der Waals surface area (Å²) in [6.45, 7) is 8.36. The third kappa shape index (κ3) is 10.7. The zero-order valence-corrected chi connectivity index (χ0v) is 37.8. The summed E-state index contributed by atoms with van der Waals surface area (Å²) in [5.74, 6) is -1.44. The van der Waals surface area contributed by atoms with Gasteiger partial charge in [0.1, 0.15) is 0 Å². The van der Waals surface area contributed by atoms with E-state index in [1.807, 2.05) is 48.5 Å². The minimum absolute atomic E-state index is 0.304. The zero-order valence-electron chi connectivity index (χ0n) is 33.7. The third-order valence-corrected chi connectivity index (χ3v) is 15.1. The van der Waals surface area contributed by atoms with Crippen LogP contribution >= 0.6 is 58.4 Å². The first-order valence-electron chi connectivity index (χ1n) is 19.5. The Bertz CT molecular complexity index is 2240. The van der Waals surface area contributed by atoms with E-state index in [1.54, 1.807) is 135 Å². The van der Waals surface area contributed by atoms with Crippen molar-refractivity contribution in [2.45, 2.75) is 27.7 Å². The van der Waals surface area contributed by atoms with Crippen molar-refractivity contribution in [3.63, 3.8) is 0 Å². The summed E-state index contributed by atoms with van der Waals surface area (Å²) in [6, 6.07) is 34.1. The molecule has 0 bridgehead atoms. The van der Waals surface area contributed by atoms with Gasteiger partial charge in [-0.15, -0.1) is 11.3 Å². The number of carbonyl (C=O) groups excluding carboxylic acids is 4. The lowest BCUT2D eigenvalue weighted by molar-refractivity contribution is 0.0516. The maximum absolute atomic E-state index is 12.4. The van der Waals surface area contributed by atoms with Crippen molar-refractivity contribution in [2.24, 2.45) is 0 Å². The van der Waals surface area contributed by atoms with Crippen LogP contribution in [0.2, 0.25) is 0 Å². The summed E-state index contributed by atoms with van der Waals surface area (Å²) in [4.78, 5) is 56.0. The fraction of sp³-hybridized carbons (Fsp3) is 0.167. The molecule has 61 heavy (non-hydrogen) atoms. The first-order chi connectivity index (χ1) is 29.7. The van der Waals surface area contributed by atoms with Crippen LogP contribution in [0.4, 0.5) is 0 Å². The molecule has 0 fully saturated rings. The predicted molar refractivity (Wildman–Crippen MR) is 254 cm³/mol. The number of ether oxygens (including phenoxy) is 4. The summed E-state index contributed by atoms with van der Waals surface area (Å²) in [6.07, 6.45) is 4.38. The van der Waals surface area contributed by atoms with Crippen LogP contribution in [0.3, 0.4) is 0 Å². The van der Waals surface area contributed by atoms with Gasteiger partial charge in [0.15, 0.2) is 0 Å². The Kier molecular flexibility index (Phi) is 14.8. The van der Waals surface area contributed by atoms with Crippen LogP contribution in [0.1, 0.15) is 101 Å². The van der Waals surface area contributed by atoms with Gasteiger partial charge in [0.05, 0.1) is 57.2 Å². The fourth-order valence-electron chi connectivity index (χ4n) is 6.15.